The van der Waals surface area contributed by atoms with E-state index in [2.05, 4.69) is 22.0 Å². The summed E-state index contributed by atoms with van der Waals surface area (Å²) in [5.74, 6) is 0. The van der Waals surface area contributed by atoms with Crippen LogP contribution in [0.1, 0.15) is 23.6 Å². The van der Waals surface area contributed by atoms with Gasteiger partial charge in [-0.2, -0.15) is 0 Å². The number of benzene rings is 1. The molecule has 1 unspecified atom stereocenters. The molecular formula is C9H10BrCl2N. The van der Waals surface area contributed by atoms with Gasteiger partial charge in [0.15, 0.2) is 0 Å². The van der Waals surface area contributed by atoms with Gasteiger partial charge in [-0.3, -0.25) is 0 Å². The van der Waals surface area contributed by atoms with E-state index in [1.54, 1.807) is 0 Å². The van der Waals surface area contributed by atoms with Crippen LogP contribution in [0.3, 0.4) is 0 Å². The summed E-state index contributed by atoms with van der Waals surface area (Å²) in [5.41, 5.74) is 8.34. The van der Waals surface area contributed by atoms with Crippen molar-refractivity contribution in [3.8, 4) is 0 Å². The molecule has 0 bridgehead atoms. The molecule has 0 saturated carbocycles. The van der Waals surface area contributed by atoms with E-state index < -0.39 is 0 Å². The van der Waals surface area contributed by atoms with E-state index in [0.29, 0.717) is 0 Å². The largest absolute Gasteiger partial charge is 0.324 e. The summed E-state index contributed by atoms with van der Waals surface area (Å²) in [6.45, 7) is 0. The SMILES string of the molecule is Cl.NC1CCc2ccc(Br)c(Cl)c21. The summed E-state index contributed by atoms with van der Waals surface area (Å²) >= 11 is 9.50. The summed E-state index contributed by atoms with van der Waals surface area (Å²) in [5, 5.41) is 0.789. The van der Waals surface area contributed by atoms with E-state index in [0.717, 1.165) is 27.9 Å². The van der Waals surface area contributed by atoms with Crippen LogP contribution in [0.2, 0.25) is 5.02 Å². The molecule has 1 nitrogen and oxygen atoms in total. The standard InChI is InChI=1S/C9H9BrClN.ClH/c10-6-3-1-5-2-4-7(12)8(5)9(6)11;/h1,3,7H,2,4,12H2;1H. The fraction of sp³-hybridized carbons (Fsp3) is 0.333. The van der Waals surface area contributed by atoms with Gasteiger partial charge in [-0.05, 0) is 46.0 Å². The van der Waals surface area contributed by atoms with E-state index in [-0.39, 0.29) is 18.4 Å². The van der Waals surface area contributed by atoms with Crippen molar-refractivity contribution in [1.29, 1.82) is 0 Å². The third-order valence-electron chi connectivity index (χ3n) is 2.32. The maximum Gasteiger partial charge on any atom is 0.0598 e. The predicted molar refractivity (Wildman–Crippen MR) is 61.6 cm³/mol. The lowest BCUT2D eigenvalue weighted by molar-refractivity contribution is 0.713. The Kier molecular flexibility index (Phi) is 3.64. The summed E-state index contributed by atoms with van der Waals surface area (Å²) in [4.78, 5) is 0. The van der Waals surface area contributed by atoms with Crippen molar-refractivity contribution in [2.75, 3.05) is 0 Å². The lowest BCUT2D eigenvalue weighted by Crippen LogP contribution is -2.05. The highest BCUT2D eigenvalue weighted by atomic mass is 79.9. The number of nitrogens with two attached hydrogens (primary N) is 1. The molecule has 0 aromatic heterocycles. The highest BCUT2D eigenvalue weighted by Gasteiger charge is 2.22. The zero-order valence-electron chi connectivity index (χ0n) is 6.89. The number of hydrogen-bond acceptors (Lipinski definition) is 1. The van der Waals surface area contributed by atoms with Crippen molar-refractivity contribution in [3.05, 3.63) is 32.8 Å². The van der Waals surface area contributed by atoms with Gasteiger partial charge in [0, 0.05) is 10.5 Å². The minimum atomic E-state index is 0. The number of rotatable bonds is 0. The molecular weight excluding hydrogens is 273 g/mol. The van der Waals surface area contributed by atoms with Gasteiger partial charge in [-0.1, -0.05) is 17.7 Å². The summed E-state index contributed by atoms with van der Waals surface area (Å²) < 4.78 is 0.945. The van der Waals surface area contributed by atoms with Crippen LogP contribution >= 0.6 is 39.9 Å². The summed E-state index contributed by atoms with van der Waals surface area (Å²) in [6, 6.07) is 4.21. The molecule has 0 radical (unpaired) electrons. The molecule has 1 atom stereocenters. The van der Waals surface area contributed by atoms with E-state index in [1.807, 2.05) is 6.07 Å². The van der Waals surface area contributed by atoms with Gasteiger partial charge in [0.2, 0.25) is 0 Å². The monoisotopic (exact) mass is 281 g/mol. The van der Waals surface area contributed by atoms with Gasteiger partial charge < -0.3 is 5.73 Å². The first-order chi connectivity index (χ1) is 5.70. The smallest absolute Gasteiger partial charge is 0.0598 e. The van der Waals surface area contributed by atoms with Crippen LogP contribution in [0.15, 0.2) is 16.6 Å². The second-order valence-electron chi connectivity index (χ2n) is 3.08. The van der Waals surface area contributed by atoms with Gasteiger partial charge in [0.25, 0.3) is 0 Å². The third-order valence-corrected chi connectivity index (χ3v) is 3.61. The van der Waals surface area contributed by atoms with E-state index in [4.69, 9.17) is 17.3 Å². The van der Waals surface area contributed by atoms with Crippen molar-refractivity contribution in [3.63, 3.8) is 0 Å². The maximum absolute atomic E-state index is 6.11. The Balaban J connectivity index is 0.000000845. The Morgan fingerprint density at radius 3 is 2.85 bits per heavy atom. The highest BCUT2D eigenvalue weighted by Crippen LogP contribution is 2.38. The van der Waals surface area contributed by atoms with Crippen LogP contribution in [0.5, 0.6) is 0 Å². The van der Waals surface area contributed by atoms with Crippen molar-refractivity contribution >= 4 is 39.9 Å². The Labute approximate surface area is 97.2 Å². The molecule has 2 N–H and O–H groups in total. The molecule has 1 aromatic carbocycles. The van der Waals surface area contributed by atoms with Gasteiger partial charge in [0.1, 0.15) is 0 Å². The first kappa shape index (κ1) is 11.3. The van der Waals surface area contributed by atoms with Gasteiger partial charge in [-0.15, -0.1) is 12.4 Å². The molecule has 1 aliphatic rings. The highest BCUT2D eigenvalue weighted by molar-refractivity contribution is 9.10. The molecule has 4 heteroatoms. The fourth-order valence-corrected chi connectivity index (χ4v) is 2.35. The normalized spacial score (nSPS) is 19.5. The van der Waals surface area contributed by atoms with Crippen LogP contribution in [0.25, 0.3) is 0 Å². The van der Waals surface area contributed by atoms with Crippen molar-refractivity contribution in [2.45, 2.75) is 18.9 Å². The Morgan fingerprint density at radius 2 is 2.15 bits per heavy atom. The van der Waals surface area contributed by atoms with E-state index in [9.17, 15) is 0 Å². The molecule has 13 heavy (non-hydrogen) atoms. The number of halogens is 3. The lowest BCUT2D eigenvalue weighted by atomic mass is 10.1. The van der Waals surface area contributed by atoms with Crippen LogP contribution in [-0.2, 0) is 6.42 Å². The molecule has 72 valence electrons. The molecule has 1 aliphatic carbocycles. The molecule has 0 saturated heterocycles. The van der Waals surface area contributed by atoms with Crippen LogP contribution in [0, 0.1) is 0 Å². The Bertz CT molecular complexity index is 328. The molecule has 0 amide bonds. The first-order valence-corrected chi connectivity index (χ1v) is 5.09. The van der Waals surface area contributed by atoms with Crippen LogP contribution < -0.4 is 5.73 Å². The molecule has 0 spiro atoms. The fourth-order valence-electron chi connectivity index (χ4n) is 1.68. The predicted octanol–water partition coefficient (Wildman–Crippen LogP) is 3.47. The topological polar surface area (TPSA) is 26.0 Å². The summed E-state index contributed by atoms with van der Waals surface area (Å²) in [6.07, 6.45) is 2.08. The second kappa shape index (κ2) is 4.18. The average molecular weight is 283 g/mol. The summed E-state index contributed by atoms with van der Waals surface area (Å²) in [7, 11) is 0. The number of hydrogen-bond donors (Lipinski definition) is 1. The zero-order valence-corrected chi connectivity index (χ0v) is 10.0. The maximum atomic E-state index is 6.11. The van der Waals surface area contributed by atoms with E-state index >= 15 is 0 Å². The quantitative estimate of drug-likeness (QED) is 0.775. The minimum absolute atomic E-state index is 0. The zero-order chi connectivity index (χ0) is 8.72. The lowest BCUT2D eigenvalue weighted by Gasteiger charge is -2.08. The van der Waals surface area contributed by atoms with Gasteiger partial charge >= 0.3 is 0 Å². The first-order valence-electron chi connectivity index (χ1n) is 3.92. The minimum Gasteiger partial charge on any atom is -0.324 e. The van der Waals surface area contributed by atoms with Gasteiger partial charge in [-0.25, -0.2) is 0 Å². The molecule has 0 fully saturated rings. The molecule has 2 rings (SSSR count). The second-order valence-corrected chi connectivity index (χ2v) is 4.31. The average Bonchev–Trinajstić information content (AvgIpc) is 2.41. The van der Waals surface area contributed by atoms with E-state index in [1.165, 1.54) is 5.56 Å². The van der Waals surface area contributed by atoms with Crippen molar-refractivity contribution in [2.24, 2.45) is 5.73 Å². The Hall–Kier alpha value is 0.240. The Morgan fingerprint density at radius 1 is 1.46 bits per heavy atom. The van der Waals surface area contributed by atoms with Crippen molar-refractivity contribution < 1.29 is 0 Å². The van der Waals surface area contributed by atoms with Crippen LogP contribution in [-0.4, -0.2) is 0 Å². The van der Waals surface area contributed by atoms with Gasteiger partial charge in [0.05, 0.1) is 5.02 Å². The van der Waals surface area contributed by atoms with Crippen LogP contribution in [0.4, 0.5) is 0 Å². The van der Waals surface area contributed by atoms with Crippen molar-refractivity contribution in [1.82, 2.24) is 0 Å². The molecule has 1 aromatic rings. The molecule has 0 heterocycles. The number of aryl methyl sites for hydroxylation is 1. The molecule has 0 aliphatic heterocycles. The number of fused-ring (bicyclic) bond motifs is 1. The third kappa shape index (κ3) is 1.86.